The number of amides is 1. The quantitative estimate of drug-likeness (QED) is 0.714. The lowest BCUT2D eigenvalue weighted by Crippen LogP contribution is -2.64. The molecular formula is C23H29N3O4. The Balaban J connectivity index is 1.34. The Morgan fingerprint density at radius 1 is 1.17 bits per heavy atom. The van der Waals surface area contributed by atoms with Gasteiger partial charge in [0.05, 0.1) is 12.2 Å². The molecule has 1 spiro atoms. The highest BCUT2D eigenvalue weighted by Gasteiger charge is 2.52. The lowest BCUT2D eigenvalue weighted by molar-refractivity contribution is -0.244. The van der Waals surface area contributed by atoms with Crippen LogP contribution in [0.4, 0.5) is 5.69 Å². The number of pyridine rings is 1. The zero-order chi connectivity index (χ0) is 21.2. The van der Waals surface area contributed by atoms with E-state index in [2.05, 4.69) is 10.3 Å². The van der Waals surface area contributed by atoms with Crippen molar-refractivity contribution in [3.05, 3.63) is 59.9 Å². The van der Waals surface area contributed by atoms with Gasteiger partial charge in [0.15, 0.2) is 0 Å². The second-order valence-electron chi connectivity index (χ2n) is 8.50. The smallest absolute Gasteiger partial charge is 0.253 e. The molecule has 30 heavy (non-hydrogen) atoms. The topological polar surface area (TPSA) is 94.9 Å². The van der Waals surface area contributed by atoms with Gasteiger partial charge < -0.3 is 25.2 Å². The zero-order valence-electron chi connectivity index (χ0n) is 17.3. The van der Waals surface area contributed by atoms with Crippen LogP contribution in [0.3, 0.4) is 0 Å². The van der Waals surface area contributed by atoms with E-state index in [4.69, 9.17) is 4.74 Å². The lowest BCUT2D eigenvalue weighted by Gasteiger charge is -2.51. The van der Waals surface area contributed by atoms with Crippen molar-refractivity contribution in [3.8, 4) is 0 Å². The van der Waals surface area contributed by atoms with Crippen molar-refractivity contribution in [3.63, 3.8) is 0 Å². The highest BCUT2D eigenvalue weighted by atomic mass is 16.5. The van der Waals surface area contributed by atoms with Crippen molar-refractivity contribution in [1.29, 1.82) is 0 Å². The molecule has 1 aromatic carbocycles. The number of benzene rings is 1. The van der Waals surface area contributed by atoms with Crippen LogP contribution in [-0.2, 0) is 11.3 Å². The van der Waals surface area contributed by atoms with Crippen LogP contribution in [0, 0.1) is 0 Å². The highest BCUT2D eigenvalue weighted by Crippen LogP contribution is 2.40. The van der Waals surface area contributed by atoms with Crippen LogP contribution in [0.15, 0.2) is 48.8 Å². The number of carbonyl (C=O) groups excluding carboxylic acids is 1. The maximum Gasteiger partial charge on any atom is 0.253 e. The minimum atomic E-state index is -1.15. The average molecular weight is 412 g/mol. The summed E-state index contributed by atoms with van der Waals surface area (Å²) < 4.78 is 5.91. The van der Waals surface area contributed by atoms with Gasteiger partial charge in [0, 0.05) is 49.7 Å². The van der Waals surface area contributed by atoms with Crippen LogP contribution in [0.5, 0.6) is 0 Å². The van der Waals surface area contributed by atoms with Crippen molar-refractivity contribution in [2.24, 2.45) is 0 Å². The van der Waals surface area contributed by atoms with E-state index >= 15 is 0 Å². The molecule has 0 saturated carbocycles. The number of nitrogens with zero attached hydrogens (tertiary/aromatic N) is 2. The number of hydrogen-bond donors (Lipinski definition) is 3. The second kappa shape index (κ2) is 8.34. The van der Waals surface area contributed by atoms with Crippen molar-refractivity contribution in [1.82, 2.24) is 9.88 Å². The fraction of sp³-hybridized carbons (Fsp3) is 0.478. The first-order valence-corrected chi connectivity index (χ1v) is 10.5. The van der Waals surface area contributed by atoms with E-state index in [0.29, 0.717) is 51.1 Å². The third-order valence-electron chi connectivity index (χ3n) is 6.36. The molecule has 0 unspecified atom stereocenters. The Kier molecular flexibility index (Phi) is 5.77. The van der Waals surface area contributed by atoms with Crippen LogP contribution >= 0.6 is 0 Å². The van der Waals surface area contributed by atoms with Gasteiger partial charge in [0.25, 0.3) is 5.91 Å². The summed E-state index contributed by atoms with van der Waals surface area (Å²) in [7, 11) is 0. The van der Waals surface area contributed by atoms with Gasteiger partial charge in [-0.05, 0) is 61.7 Å². The molecule has 7 nitrogen and oxygen atoms in total. The van der Waals surface area contributed by atoms with Crippen LogP contribution in [0.1, 0.15) is 42.1 Å². The van der Waals surface area contributed by atoms with Crippen LogP contribution in [0.25, 0.3) is 0 Å². The van der Waals surface area contributed by atoms with Crippen molar-refractivity contribution < 1.29 is 19.7 Å². The van der Waals surface area contributed by atoms with Gasteiger partial charge in [-0.1, -0.05) is 0 Å². The van der Waals surface area contributed by atoms with E-state index in [0.717, 1.165) is 11.3 Å². The molecule has 3 heterocycles. The Morgan fingerprint density at radius 3 is 2.50 bits per heavy atom. The van der Waals surface area contributed by atoms with Crippen molar-refractivity contribution in [2.75, 3.05) is 25.0 Å². The average Bonchev–Trinajstić information content (AvgIpc) is 2.77. The van der Waals surface area contributed by atoms with Crippen molar-refractivity contribution >= 4 is 11.6 Å². The summed E-state index contributed by atoms with van der Waals surface area (Å²) in [5, 5.41) is 24.4. The Morgan fingerprint density at radius 2 is 1.83 bits per heavy atom. The molecule has 3 N–H and O–H groups in total. The van der Waals surface area contributed by atoms with Gasteiger partial charge >= 0.3 is 0 Å². The van der Waals surface area contributed by atoms with E-state index in [1.54, 1.807) is 24.2 Å². The summed E-state index contributed by atoms with van der Waals surface area (Å²) in [6.07, 6.45) is 4.03. The first kappa shape index (κ1) is 20.8. The van der Waals surface area contributed by atoms with Crippen molar-refractivity contribution in [2.45, 2.75) is 50.0 Å². The molecule has 2 fully saturated rings. The number of likely N-dealkylation sites (tertiary alicyclic amines) is 1. The molecule has 2 atom stereocenters. The molecule has 0 aliphatic carbocycles. The standard InChI is InChI=1S/C23H29N3O4/c1-22(29)10-15-30-23(21(22)28)8-13-26(14-9-23)20(27)18-2-4-19(5-3-18)25-16-17-6-11-24-12-7-17/h2-7,11-12,21,25,28-29H,8-10,13-16H2,1H3/t21-,22+/m0/s1. The van der Waals surface area contributed by atoms with Crippen LogP contribution in [0.2, 0.25) is 0 Å². The predicted octanol–water partition coefficient (Wildman–Crippen LogP) is 2.20. The van der Waals surface area contributed by atoms with Gasteiger partial charge in [0.2, 0.25) is 0 Å². The van der Waals surface area contributed by atoms with E-state index < -0.39 is 17.3 Å². The van der Waals surface area contributed by atoms with Gasteiger partial charge in [-0.3, -0.25) is 9.78 Å². The van der Waals surface area contributed by atoms with E-state index in [9.17, 15) is 15.0 Å². The normalized spacial score (nSPS) is 25.8. The predicted molar refractivity (Wildman–Crippen MR) is 113 cm³/mol. The van der Waals surface area contributed by atoms with Crippen LogP contribution in [-0.4, -0.2) is 63.0 Å². The maximum absolute atomic E-state index is 12.9. The number of ether oxygens (including phenoxy) is 1. The molecular weight excluding hydrogens is 382 g/mol. The minimum Gasteiger partial charge on any atom is -0.387 e. The molecule has 2 saturated heterocycles. The van der Waals surface area contributed by atoms with Gasteiger partial charge in [0.1, 0.15) is 11.7 Å². The number of hydrogen-bond acceptors (Lipinski definition) is 6. The summed E-state index contributed by atoms with van der Waals surface area (Å²) in [6, 6.07) is 11.4. The largest absolute Gasteiger partial charge is 0.387 e. The monoisotopic (exact) mass is 411 g/mol. The second-order valence-corrected chi connectivity index (χ2v) is 8.50. The molecule has 7 heteroatoms. The first-order valence-electron chi connectivity index (χ1n) is 10.5. The van der Waals surface area contributed by atoms with Gasteiger partial charge in [-0.2, -0.15) is 0 Å². The fourth-order valence-electron chi connectivity index (χ4n) is 4.37. The summed E-state index contributed by atoms with van der Waals surface area (Å²) in [5.41, 5.74) is 0.806. The maximum atomic E-state index is 12.9. The zero-order valence-corrected chi connectivity index (χ0v) is 17.3. The molecule has 1 amide bonds. The number of nitrogens with one attached hydrogen (secondary N) is 1. The number of rotatable bonds is 4. The Bertz CT molecular complexity index is 862. The number of aliphatic hydroxyl groups is 2. The first-order chi connectivity index (χ1) is 14.4. The summed E-state index contributed by atoms with van der Waals surface area (Å²) >= 11 is 0. The fourth-order valence-corrected chi connectivity index (χ4v) is 4.37. The van der Waals surface area contributed by atoms with Gasteiger partial charge in [-0.25, -0.2) is 0 Å². The van der Waals surface area contributed by atoms with E-state index in [-0.39, 0.29) is 5.91 Å². The van der Waals surface area contributed by atoms with E-state index in [1.165, 1.54) is 0 Å². The van der Waals surface area contributed by atoms with Gasteiger partial charge in [-0.15, -0.1) is 0 Å². The molecule has 2 aliphatic rings. The van der Waals surface area contributed by atoms with Crippen LogP contribution < -0.4 is 5.32 Å². The number of anilines is 1. The SMILES string of the molecule is C[C@@]1(O)CCOC2(CCN(C(=O)c3ccc(NCc4ccncc4)cc3)CC2)[C@H]1O. The third-order valence-corrected chi connectivity index (χ3v) is 6.36. The summed E-state index contributed by atoms with van der Waals surface area (Å²) in [6.45, 7) is 3.76. The molecule has 0 radical (unpaired) electrons. The number of aliphatic hydroxyl groups excluding tert-OH is 1. The Hall–Kier alpha value is -2.48. The number of aromatic nitrogens is 1. The lowest BCUT2D eigenvalue weighted by atomic mass is 9.75. The highest BCUT2D eigenvalue weighted by molar-refractivity contribution is 5.94. The Labute approximate surface area is 176 Å². The molecule has 2 aromatic rings. The molecule has 1 aromatic heterocycles. The van der Waals surface area contributed by atoms with E-state index in [1.807, 2.05) is 36.4 Å². The number of piperidine rings is 1. The molecule has 4 rings (SSSR count). The molecule has 0 bridgehead atoms. The summed E-state index contributed by atoms with van der Waals surface area (Å²) in [4.78, 5) is 18.7. The molecule has 2 aliphatic heterocycles. The third kappa shape index (κ3) is 4.19. The number of carbonyl (C=O) groups is 1. The summed E-state index contributed by atoms with van der Waals surface area (Å²) in [5.74, 6) is -0.0254. The minimum absolute atomic E-state index is 0.0254. The molecule has 160 valence electrons.